The van der Waals surface area contributed by atoms with Crippen LogP contribution in [-0.4, -0.2) is 31.9 Å². The number of nitrogens with one attached hydrogen (secondary N) is 3. The topological polar surface area (TPSA) is 86.9 Å². The third kappa shape index (κ3) is 3.39. The Kier molecular flexibility index (Phi) is 4.92. The minimum absolute atomic E-state index is 0.0326. The van der Waals surface area contributed by atoms with Gasteiger partial charge in [-0.3, -0.25) is 9.82 Å². The van der Waals surface area contributed by atoms with Crippen molar-refractivity contribution in [3.8, 4) is 0 Å². The van der Waals surface area contributed by atoms with Gasteiger partial charge in [0.25, 0.3) is 10.0 Å². The highest BCUT2D eigenvalue weighted by atomic mass is 32.2. The lowest BCUT2D eigenvalue weighted by molar-refractivity contribution is 0.595. The number of para-hydroxylation sites is 1. The summed E-state index contributed by atoms with van der Waals surface area (Å²) in [5.74, 6) is 0. The van der Waals surface area contributed by atoms with Gasteiger partial charge in [0.1, 0.15) is 0 Å². The van der Waals surface area contributed by atoms with E-state index in [2.05, 4.69) is 20.2 Å². The number of aryl methyl sites for hydroxylation is 1. The lowest BCUT2D eigenvalue weighted by Crippen LogP contribution is -2.17. The predicted molar refractivity (Wildman–Crippen MR) is 85.1 cm³/mol. The van der Waals surface area contributed by atoms with Crippen LogP contribution in [0.25, 0.3) is 0 Å². The molecule has 0 radical (unpaired) electrons. The van der Waals surface area contributed by atoms with Crippen LogP contribution in [0.1, 0.15) is 11.3 Å². The first kappa shape index (κ1) is 15.9. The molecule has 0 saturated carbocycles. The highest BCUT2D eigenvalue weighted by Crippen LogP contribution is 2.27. The van der Waals surface area contributed by atoms with Crippen LogP contribution >= 0.6 is 11.8 Å². The Morgan fingerprint density at radius 1 is 1.33 bits per heavy atom. The molecule has 3 N–H and O–H groups in total. The van der Waals surface area contributed by atoms with E-state index in [1.54, 1.807) is 26.1 Å². The lowest BCUT2D eigenvalue weighted by Gasteiger charge is -2.11. The molecule has 0 unspecified atom stereocenters. The van der Waals surface area contributed by atoms with Crippen LogP contribution in [0.15, 0.2) is 34.2 Å². The van der Waals surface area contributed by atoms with Crippen LogP contribution < -0.4 is 10.0 Å². The Bertz CT molecular complexity index is 726. The van der Waals surface area contributed by atoms with Gasteiger partial charge in [-0.1, -0.05) is 12.1 Å². The number of anilines is 1. The van der Waals surface area contributed by atoms with E-state index in [1.807, 2.05) is 18.4 Å². The summed E-state index contributed by atoms with van der Waals surface area (Å²) in [6.07, 6.45) is 1.90. The zero-order valence-corrected chi connectivity index (χ0v) is 13.7. The number of aromatic nitrogens is 2. The first-order chi connectivity index (χ1) is 9.99. The molecule has 0 aliphatic rings. The van der Waals surface area contributed by atoms with Crippen molar-refractivity contribution in [2.45, 2.75) is 23.4 Å². The Morgan fingerprint density at radius 2 is 2.05 bits per heavy atom. The second-order valence-corrected chi connectivity index (χ2v) is 6.91. The number of benzene rings is 1. The Balaban J connectivity index is 2.39. The van der Waals surface area contributed by atoms with Crippen LogP contribution in [0.2, 0.25) is 0 Å². The number of hydrogen-bond donors (Lipinski definition) is 3. The van der Waals surface area contributed by atoms with Crippen molar-refractivity contribution in [2.24, 2.45) is 0 Å². The van der Waals surface area contributed by atoms with Gasteiger partial charge in [0.05, 0.1) is 5.69 Å². The smallest absolute Gasteiger partial charge is 0.281 e. The third-order valence-electron chi connectivity index (χ3n) is 3.00. The summed E-state index contributed by atoms with van der Waals surface area (Å²) < 4.78 is 27.7. The van der Waals surface area contributed by atoms with Crippen molar-refractivity contribution < 1.29 is 8.42 Å². The zero-order chi connectivity index (χ0) is 15.5. The minimum atomic E-state index is -3.72. The summed E-state index contributed by atoms with van der Waals surface area (Å²) in [6.45, 7) is 2.23. The highest BCUT2D eigenvalue weighted by Gasteiger charge is 2.24. The first-order valence-corrected chi connectivity index (χ1v) is 9.04. The van der Waals surface area contributed by atoms with Crippen molar-refractivity contribution in [3.63, 3.8) is 0 Å². The maximum atomic E-state index is 12.5. The molecule has 0 amide bonds. The number of sulfonamides is 1. The van der Waals surface area contributed by atoms with Crippen LogP contribution in [0, 0.1) is 6.92 Å². The molecular formula is C13H18N4O2S2. The molecule has 1 aromatic carbocycles. The van der Waals surface area contributed by atoms with Gasteiger partial charge in [0, 0.05) is 22.7 Å². The fourth-order valence-corrected chi connectivity index (χ4v) is 3.86. The Morgan fingerprint density at radius 3 is 2.71 bits per heavy atom. The number of rotatable bonds is 6. The van der Waals surface area contributed by atoms with Crippen LogP contribution in [0.5, 0.6) is 0 Å². The summed E-state index contributed by atoms with van der Waals surface area (Å²) in [7, 11) is -1.96. The molecule has 0 bridgehead atoms. The van der Waals surface area contributed by atoms with E-state index in [1.165, 1.54) is 11.8 Å². The van der Waals surface area contributed by atoms with Gasteiger partial charge in [-0.25, -0.2) is 0 Å². The van der Waals surface area contributed by atoms with E-state index < -0.39 is 10.0 Å². The molecule has 0 atom stereocenters. The van der Waals surface area contributed by atoms with Crippen molar-refractivity contribution in [1.29, 1.82) is 0 Å². The van der Waals surface area contributed by atoms with Crippen molar-refractivity contribution in [1.82, 2.24) is 15.5 Å². The normalized spacial score (nSPS) is 11.6. The summed E-state index contributed by atoms with van der Waals surface area (Å²) >= 11 is 1.48. The lowest BCUT2D eigenvalue weighted by atomic mass is 10.3. The van der Waals surface area contributed by atoms with Gasteiger partial charge in [-0.15, -0.1) is 11.8 Å². The van der Waals surface area contributed by atoms with Crippen molar-refractivity contribution >= 4 is 27.5 Å². The maximum Gasteiger partial charge on any atom is 0.281 e. The highest BCUT2D eigenvalue weighted by molar-refractivity contribution is 7.99. The molecule has 0 fully saturated rings. The van der Waals surface area contributed by atoms with Gasteiger partial charge in [-0.05, 0) is 32.4 Å². The fourth-order valence-electron chi connectivity index (χ4n) is 1.96. The maximum absolute atomic E-state index is 12.5. The van der Waals surface area contributed by atoms with E-state index in [4.69, 9.17) is 0 Å². The van der Waals surface area contributed by atoms with Crippen molar-refractivity contribution in [3.05, 3.63) is 35.5 Å². The number of hydrogen-bond acceptors (Lipinski definition) is 5. The first-order valence-electron chi connectivity index (χ1n) is 6.34. The van der Waals surface area contributed by atoms with E-state index >= 15 is 0 Å². The molecule has 1 aromatic heterocycles. The Hall–Kier alpha value is -1.51. The molecule has 0 aliphatic carbocycles. The van der Waals surface area contributed by atoms with Gasteiger partial charge < -0.3 is 5.32 Å². The average Bonchev–Trinajstić information content (AvgIpc) is 2.82. The zero-order valence-electron chi connectivity index (χ0n) is 12.1. The molecule has 2 rings (SSSR count). The molecule has 0 aliphatic heterocycles. The average molecular weight is 326 g/mol. The summed E-state index contributed by atoms with van der Waals surface area (Å²) in [6, 6.07) is 7.27. The summed E-state index contributed by atoms with van der Waals surface area (Å²) in [4.78, 5) is 0.864. The molecule has 1 heterocycles. The predicted octanol–water partition coefficient (Wildman–Crippen LogP) is 1.96. The summed E-state index contributed by atoms with van der Waals surface area (Å²) in [5.41, 5.74) is 1.94. The SMILES string of the molecule is CNCc1c(S(=O)(=O)Nc2ccccc2SC)n[nH]c1C. The molecule has 8 heteroatoms. The standard InChI is InChI=1S/C13H18N4O2S2/c1-9-10(8-14-2)13(16-15-9)21(18,19)17-11-6-4-5-7-12(11)20-3/h4-7,14,17H,8H2,1-3H3,(H,15,16). The quantitative estimate of drug-likeness (QED) is 0.707. The van der Waals surface area contributed by atoms with E-state index in [0.717, 1.165) is 10.6 Å². The second kappa shape index (κ2) is 6.50. The molecule has 114 valence electrons. The van der Waals surface area contributed by atoms with Gasteiger partial charge in [0.15, 0.2) is 0 Å². The second-order valence-electron chi connectivity index (χ2n) is 4.47. The number of nitrogens with zero attached hydrogens (tertiary/aromatic N) is 1. The van der Waals surface area contributed by atoms with Crippen LogP contribution in [-0.2, 0) is 16.6 Å². The van der Waals surface area contributed by atoms with Gasteiger partial charge >= 0.3 is 0 Å². The Labute approximate surface area is 128 Å². The molecule has 21 heavy (non-hydrogen) atoms. The van der Waals surface area contributed by atoms with Crippen molar-refractivity contribution in [2.75, 3.05) is 18.0 Å². The third-order valence-corrected chi connectivity index (χ3v) is 5.13. The van der Waals surface area contributed by atoms with Gasteiger partial charge in [0.2, 0.25) is 5.03 Å². The molecule has 0 saturated heterocycles. The van der Waals surface area contributed by atoms with E-state index in [9.17, 15) is 8.42 Å². The molecular weight excluding hydrogens is 308 g/mol. The minimum Gasteiger partial charge on any atom is -0.316 e. The molecule has 6 nitrogen and oxygen atoms in total. The largest absolute Gasteiger partial charge is 0.316 e. The van der Waals surface area contributed by atoms with Gasteiger partial charge in [-0.2, -0.15) is 13.5 Å². The number of H-pyrrole nitrogens is 1. The molecule has 0 spiro atoms. The molecule has 2 aromatic rings. The van der Waals surface area contributed by atoms with E-state index in [0.29, 0.717) is 17.8 Å². The number of aromatic amines is 1. The monoisotopic (exact) mass is 326 g/mol. The van der Waals surface area contributed by atoms with E-state index in [-0.39, 0.29) is 5.03 Å². The van der Waals surface area contributed by atoms with Crippen LogP contribution in [0.4, 0.5) is 5.69 Å². The fraction of sp³-hybridized carbons (Fsp3) is 0.308. The number of thioether (sulfide) groups is 1. The van der Waals surface area contributed by atoms with Crippen LogP contribution in [0.3, 0.4) is 0 Å². The summed E-state index contributed by atoms with van der Waals surface area (Å²) in [5, 5.41) is 9.65.